The monoisotopic (exact) mass is 789 g/mol. The summed E-state index contributed by atoms with van der Waals surface area (Å²) >= 11 is 0. The van der Waals surface area contributed by atoms with Crippen LogP contribution in [-0.2, 0) is 0 Å². The van der Waals surface area contributed by atoms with E-state index in [0.29, 0.717) is 17.6 Å². The molecular weight excluding hydrogens is 755 g/mol. The second-order valence-corrected chi connectivity index (χ2v) is 15.9. The fraction of sp³-hybridized carbons (Fsp3) is 0. The first kappa shape index (κ1) is 34.5. The SMILES string of the molecule is c1ccc(-c2nc(-c3ccccc3)nc(-n3c4ccccc4c4ccc5c6ccccc6n(-c6ccccc6-c6ccc7c8ccccc8c8ccccc8c7c6)c5c43)n2)cc1. The van der Waals surface area contributed by atoms with Gasteiger partial charge in [0.15, 0.2) is 11.6 Å². The lowest BCUT2D eigenvalue weighted by Gasteiger charge is -2.17. The van der Waals surface area contributed by atoms with Crippen LogP contribution in [0.15, 0.2) is 212 Å². The van der Waals surface area contributed by atoms with Crippen LogP contribution in [0.3, 0.4) is 0 Å². The van der Waals surface area contributed by atoms with Crippen molar-refractivity contribution in [2.75, 3.05) is 0 Å². The molecule has 0 N–H and O–H groups in total. The summed E-state index contributed by atoms with van der Waals surface area (Å²) in [7, 11) is 0. The zero-order chi connectivity index (χ0) is 40.7. The molecule has 3 heterocycles. The van der Waals surface area contributed by atoms with Gasteiger partial charge in [-0.2, -0.15) is 9.97 Å². The highest BCUT2D eigenvalue weighted by Crippen LogP contribution is 2.44. The lowest BCUT2D eigenvalue weighted by Crippen LogP contribution is -2.07. The minimum absolute atomic E-state index is 0.565. The molecule has 5 nitrogen and oxygen atoms in total. The number of aromatic nitrogens is 5. The fourth-order valence-corrected chi connectivity index (χ4v) is 9.84. The van der Waals surface area contributed by atoms with Gasteiger partial charge in [0.2, 0.25) is 5.95 Å². The van der Waals surface area contributed by atoms with Gasteiger partial charge in [-0.05, 0) is 62.1 Å². The summed E-state index contributed by atoms with van der Waals surface area (Å²) in [6.07, 6.45) is 0. The van der Waals surface area contributed by atoms with Crippen molar-refractivity contribution < 1.29 is 0 Å². The number of hydrogen-bond acceptors (Lipinski definition) is 3. The van der Waals surface area contributed by atoms with E-state index >= 15 is 0 Å². The quantitative estimate of drug-likeness (QED) is 0.163. The molecule has 0 amide bonds. The number of fused-ring (bicyclic) bond motifs is 13. The van der Waals surface area contributed by atoms with E-state index in [1.165, 1.54) is 37.7 Å². The van der Waals surface area contributed by atoms with Gasteiger partial charge in [0.1, 0.15) is 0 Å². The van der Waals surface area contributed by atoms with Gasteiger partial charge in [0.05, 0.1) is 27.8 Å². The molecule has 288 valence electrons. The first-order valence-electron chi connectivity index (χ1n) is 21.0. The van der Waals surface area contributed by atoms with Crippen molar-refractivity contribution in [1.82, 2.24) is 24.1 Å². The van der Waals surface area contributed by atoms with Crippen LogP contribution < -0.4 is 0 Å². The summed E-state index contributed by atoms with van der Waals surface area (Å²) in [6, 6.07) is 75.8. The Kier molecular flexibility index (Phi) is 7.54. The molecular formula is C57H35N5. The second kappa shape index (κ2) is 13.6. The Labute approximate surface area is 356 Å². The van der Waals surface area contributed by atoms with Crippen LogP contribution in [0.2, 0.25) is 0 Å². The van der Waals surface area contributed by atoms with Crippen molar-refractivity contribution in [3.05, 3.63) is 212 Å². The van der Waals surface area contributed by atoms with E-state index in [0.717, 1.165) is 66.2 Å². The number of benzene rings is 10. The molecule has 0 bridgehead atoms. The van der Waals surface area contributed by atoms with E-state index in [4.69, 9.17) is 15.0 Å². The van der Waals surface area contributed by atoms with E-state index in [1.807, 2.05) is 36.4 Å². The highest BCUT2D eigenvalue weighted by molar-refractivity contribution is 6.26. The molecule has 0 aliphatic carbocycles. The van der Waals surface area contributed by atoms with E-state index in [9.17, 15) is 0 Å². The van der Waals surface area contributed by atoms with Crippen molar-refractivity contribution in [2.45, 2.75) is 0 Å². The Morgan fingerprint density at radius 1 is 0.274 bits per heavy atom. The molecule has 10 aromatic carbocycles. The predicted molar refractivity (Wildman–Crippen MR) is 257 cm³/mol. The first-order chi connectivity index (χ1) is 30.8. The molecule has 0 unspecified atom stereocenters. The molecule has 3 aromatic heterocycles. The molecule has 0 saturated carbocycles. The van der Waals surface area contributed by atoms with E-state index in [2.05, 4.69) is 185 Å². The summed E-state index contributed by atoms with van der Waals surface area (Å²) in [6.45, 7) is 0. The highest BCUT2D eigenvalue weighted by Gasteiger charge is 2.24. The molecule has 5 heteroatoms. The van der Waals surface area contributed by atoms with E-state index in [1.54, 1.807) is 0 Å². The van der Waals surface area contributed by atoms with Crippen molar-refractivity contribution in [1.29, 1.82) is 0 Å². The van der Waals surface area contributed by atoms with E-state index < -0.39 is 0 Å². The fourth-order valence-electron chi connectivity index (χ4n) is 9.84. The van der Waals surface area contributed by atoms with Gasteiger partial charge in [-0.25, -0.2) is 4.98 Å². The number of rotatable bonds is 5. The molecule has 0 saturated heterocycles. The second-order valence-electron chi connectivity index (χ2n) is 15.9. The smallest absolute Gasteiger partial charge is 0.238 e. The van der Waals surface area contributed by atoms with Gasteiger partial charge >= 0.3 is 0 Å². The maximum absolute atomic E-state index is 5.31. The molecule has 0 aliphatic rings. The van der Waals surface area contributed by atoms with Gasteiger partial charge in [-0.1, -0.05) is 188 Å². The molecule has 13 aromatic rings. The summed E-state index contributed by atoms with van der Waals surface area (Å²) in [5.41, 5.74) is 9.54. The zero-order valence-corrected chi connectivity index (χ0v) is 33.4. The van der Waals surface area contributed by atoms with Crippen molar-refractivity contribution >= 4 is 75.9 Å². The molecule has 0 atom stereocenters. The zero-order valence-electron chi connectivity index (χ0n) is 33.4. The largest absolute Gasteiger partial charge is 0.307 e. The summed E-state index contributed by atoms with van der Waals surface area (Å²) in [4.78, 5) is 15.7. The van der Waals surface area contributed by atoms with Crippen LogP contribution in [0.4, 0.5) is 0 Å². The number of nitrogens with zero attached hydrogens (tertiary/aromatic N) is 5. The maximum Gasteiger partial charge on any atom is 0.238 e. The number of para-hydroxylation sites is 3. The van der Waals surface area contributed by atoms with Gasteiger partial charge in [0, 0.05) is 38.2 Å². The minimum Gasteiger partial charge on any atom is -0.307 e. The predicted octanol–water partition coefficient (Wildman–Crippen LogP) is 14.5. The Hall–Kier alpha value is -8.41. The van der Waals surface area contributed by atoms with Crippen LogP contribution in [-0.4, -0.2) is 24.1 Å². The molecule has 0 fully saturated rings. The van der Waals surface area contributed by atoms with Crippen molar-refractivity contribution in [2.24, 2.45) is 0 Å². The highest BCUT2D eigenvalue weighted by atomic mass is 15.2. The maximum atomic E-state index is 5.31. The van der Waals surface area contributed by atoms with Gasteiger partial charge in [-0.15, -0.1) is 0 Å². The third-order valence-electron chi connectivity index (χ3n) is 12.6. The summed E-state index contributed by atoms with van der Waals surface area (Å²) < 4.78 is 4.73. The summed E-state index contributed by atoms with van der Waals surface area (Å²) in [5.74, 6) is 1.81. The minimum atomic E-state index is 0.565. The summed E-state index contributed by atoms with van der Waals surface area (Å²) in [5, 5.41) is 12.2. The van der Waals surface area contributed by atoms with Gasteiger partial charge in [-0.3, -0.25) is 4.57 Å². The number of hydrogen-bond donors (Lipinski definition) is 0. The van der Waals surface area contributed by atoms with Crippen LogP contribution in [0.1, 0.15) is 0 Å². The van der Waals surface area contributed by atoms with Crippen LogP contribution in [0.5, 0.6) is 0 Å². The average molecular weight is 790 g/mol. The van der Waals surface area contributed by atoms with E-state index in [-0.39, 0.29) is 0 Å². The normalized spacial score (nSPS) is 11.9. The van der Waals surface area contributed by atoms with Crippen LogP contribution in [0.25, 0.3) is 121 Å². The molecule has 0 aliphatic heterocycles. The van der Waals surface area contributed by atoms with Crippen LogP contribution >= 0.6 is 0 Å². The third-order valence-corrected chi connectivity index (χ3v) is 12.6. The van der Waals surface area contributed by atoms with Crippen LogP contribution in [0, 0.1) is 0 Å². The Morgan fingerprint density at radius 2 is 0.694 bits per heavy atom. The lowest BCUT2D eigenvalue weighted by molar-refractivity contribution is 0.953. The Morgan fingerprint density at radius 3 is 1.27 bits per heavy atom. The third kappa shape index (κ3) is 5.12. The Bertz CT molecular complexity index is 3830. The molecule has 0 spiro atoms. The molecule has 0 radical (unpaired) electrons. The first-order valence-corrected chi connectivity index (χ1v) is 21.0. The average Bonchev–Trinajstić information content (AvgIpc) is 3.87. The van der Waals surface area contributed by atoms with Gasteiger partial charge < -0.3 is 4.57 Å². The molecule has 13 rings (SSSR count). The standard InChI is InChI=1S/C57H35N5/c1-3-17-36(18-4-1)55-58-56(37-19-5-2-6-20-37)60-57(59-55)62-52-30-16-13-27-46(52)48-34-33-47-45-26-12-15-29-51(45)61(53(47)54(48)62)50-28-14-11-21-39(50)38-31-32-44-42-24-8-7-22-40(42)41-23-9-10-25-43(41)49(44)35-38/h1-35H. The Balaban J connectivity index is 1.14. The van der Waals surface area contributed by atoms with Gasteiger partial charge in [0.25, 0.3) is 0 Å². The lowest BCUT2D eigenvalue weighted by atomic mass is 9.92. The molecule has 62 heavy (non-hydrogen) atoms. The van der Waals surface area contributed by atoms with Crippen molar-refractivity contribution in [3.8, 4) is 45.5 Å². The van der Waals surface area contributed by atoms with Crippen molar-refractivity contribution in [3.63, 3.8) is 0 Å². The topological polar surface area (TPSA) is 48.5 Å².